The molecule has 29 heavy (non-hydrogen) atoms. The minimum Gasteiger partial charge on any atom is -0.411 e. The SMILES string of the molecule is Cc1ccc(-c2nnc(SCC(=O)NC3CCN(Cc4ccccc4)C3)o2)cc1. The average molecular weight is 409 g/mol. The maximum absolute atomic E-state index is 12.3. The molecule has 0 radical (unpaired) electrons. The van der Waals surface area contributed by atoms with Gasteiger partial charge in [-0.3, -0.25) is 9.69 Å². The Morgan fingerprint density at radius 2 is 1.97 bits per heavy atom. The fourth-order valence-electron chi connectivity index (χ4n) is 3.41. The molecule has 1 atom stereocenters. The minimum absolute atomic E-state index is 0.00310. The van der Waals surface area contributed by atoms with Crippen molar-refractivity contribution >= 4 is 17.7 Å². The molecule has 0 spiro atoms. The summed E-state index contributed by atoms with van der Waals surface area (Å²) >= 11 is 1.27. The van der Waals surface area contributed by atoms with E-state index in [0.717, 1.165) is 31.6 Å². The van der Waals surface area contributed by atoms with Crippen LogP contribution in [-0.4, -0.2) is 45.9 Å². The summed E-state index contributed by atoms with van der Waals surface area (Å²) in [5.74, 6) is 0.738. The van der Waals surface area contributed by atoms with Gasteiger partial charge in [0.1, 0.15) is 0 Å². The van der Waals surface area contributed by atoms with Crippen LogP contribution in [0.3, 0.4) is 0 Å². The number of aryl methyl sites for hydroxylation is 1. The number of rotatable bonds is 7. The average Bonchev–Trinajstić information content (AvgIpc) is 3.37. The molecule has 1 unspecified atom stereocenters. The molecule has 0 aliphatic carbocycles. The summed E-state index contributed by atoms with van der Waals surface area (Å²) < 4.78 is 5.67. The van der Waals surface area contributed by atoms with Gasteiger partial charge in [0.25, 0.3) is 5.22 Å². The van der Waals surface area contributed by atoms with Crippen molar-refractivity contribution in [2.24, 2.45) is 0 Å². The summed E-state index contributed by atoms with van der Waals surface area (Å²) in [5, 5.41) is 11.6. The van der Waals surface area contributed by atoms with E-state index >= 15 is 0 Å². The van der Waals surface area contributed by atoms with Gasteiger partial charge in [0, 0.05) is 31.2 Å². The molecular weight excluding hydrogens is 384 g/mol. The molecule has 0 saturated carbocycles. The van der Waals surface area contributed by atoms with E-state index in [1.54, 1.807) is 0 Å². The van der Waals surface area contributed by atoms with E-state index in [-0.39, 0.29) is 17.7 Å². The third-order valence-electron chi connectivity index (χ3n) is 4.92. The number of hydrogen-bond acceptors (Lipinski definition) is 6. The minimum atomic E-state index is -0.00310. The van der Waals surface area contributed by atoms with E-state index in [1.165, 1.54) is 22.9 Å². The first-order chi connectivity index (χ1) is 14.2. The van der Waals surface area contributed by atoms with E-state index in [0.29, 0.717) is 11.1 Å². The number of thioether (sulfide) groups is 1. The van der Waals surface area contributed by atoms with Crippen molar-refractivity contribution in [2.75, 3.05) is 18.8 Å². The fraction of sp³-hybridized carbons (Fsp3) is 0.318. The monoisotopic (exact) mass is 408 g/mol. The Morgan fingerprint density at radius 1 is 1.17 bits per heavy atom. The highest BCUT2D eigenvalue weighted by atomic mass is 32.2. The molecule has 0 bridgehead atoms. The molecule has 2 heterocycles. The Bertz CT molecular complexity index is 943. The van der Waals surface area contributed by atoms with E-state index in [4.69, 9.17) is 4.42 Å². The van der Waals surface area contributed by atoms with Crippen molar-refractivity contribution in [3.63, 3.8) is 0 Å². The van der Waals surface area contributed by atoms with Gasteiger partial charge < -0.3 is 9.73 Å². The van der Waals surface area contributed by atoms with Gasteiger partial charge in [0.15, 0.2) is 0 Å². The predicted octanol–water partition coefficient (Wildman–Crippen LogP) is 3.53. The van der Waals surface area contributed by atoms with Crippen LogP contribution < -0.4 is 5.32 Å². The largest absolute Gasteiger partial charge is 0.411 e. The molecule has 6 nitrogen and oxygen atoms in total. The van der Waals surface area contributed by atoms with Gasteiger partial charge in [-0.2, -0.15) is 0 Å². The highest BCUT2D eigenvalue weighted by molar-refractivity contribution is 7.99. The number of benzene rings is 2. The van der Waals surface area contributed by atoms with Crippen LogP contribution in [0.5, 0.6) is 0 Å². The summed E-state index contributed by atoms with van der Waals surface area (Å²) in [6, 6.07) is 18.5. The number of hydrogen-bond donors (Lipinski definition) is 1. The number of nitrogens with zero attached hydrogens (tertiary/aromatic N) is 3. The number of likely N-dealkylation sites (tertiary alicyclic amines) is 1. The summed E-state index contributed by atoms with van der Waals surface area (Å²) in [4.78, 5) is 14.7. The Morgan fingerprint density at radius 3 is 2.76 bits per heavy atom. The van der Waals surface area contributed by atoms with Crippen LogP contribution in [0.2, 0.25) is 0 Å². The van der Waals surface area contributed by atoms with Crippen LogP contribution in [0.4, 0.5) is 0 Å². The smallest absolute Gasteiger partial charge is 0.277 e. The molecular formula is C22H24N4O2S. The molecule has 7 heteroatoms. The zero-order valence-corrected chi connectivity index (χ0v) is 17.2. The standard InChI is InChI=1S/C22H24N4O2S/c1-16-7-9-18(10-8-16)21-24-25-22(28-21)29-15-20(27)23-19-11-12-26(14-19)13-17-5-3-2-4-6-17/h2-10,19H,11-15H2,1H3,(H,23,27). The molecule has 1 amide bonds. The first-order valence-corrected chi connectivity index (χ1v) is 10.7. The second-order valence-corrected chi connectivity index (χ2v) is 8.23. The number of nitrogens with one attached hydrogen (secondary N) is 1. The summed E-state index contributed by atoms with van der Waals surface area (Å²) in [6.07, 6.45) is 0.974. The van der Waals surface area contributed by atoms with Gasteiger partial charge in [-0.25, -0.2) is 0 Å². The van der Waals surface area contributed by atoms with Crippen LogP contribution in [0.25, 0.3) is 11.5 Å². The molecule has 2 aromatic carbocycles. The quantitative estimate of drug-likeness (QED) is 0.603. The molecule has 1 aromatic heterocycles. The number of amides is 1. The van der Waals surface area contributed by atoms with Crippen molar-refractivity contribution in [3.8, 4) is 11.5 Å². The second kappa shape index (κ2) is 9.24. The van der Waals surface area contributed by atoms with Crippen LogP contribution in [0.1, 0.15) is 17.5 Å². The Kier molecular flexibility index (Phi) is 6.27. The van der Waals surface area contributed by atoms with Crippen molar-refractivity contribution in [1.29, 1.82) is 0 Å². The molecule has 4 rings (SSSR count). The molecule has 3 aromatic rings. The van der Waals surface area contributed by atoms with E-state index in [2.05, 4.69) is 44.7 Å². The number of carbonyl (C=O) groups is 1. The fourth-order valence-corrected chi connectivity index (χ4v) is 3.99. The van der Waals surface area contributed by atoms with Gasteiger partial charge >= 0.3 is 0 Å². The number of carbonyl (C=O) groups excluding carboxylic acids is 1. The van der Waals surface area contributed by atoms with Crippen molar-refractivity contribution in [2.45, 2.75) is 31.2 Å². The van der Waals surface area contributed by atoms with Gasteiger partial charge in [-0.15, -0.1) is 10.2 Å². The van der Waals surface area contributed by atoms with Gasteiger partial charge in [0.05, 0.1) is 5.75 Å². The lowest BCUT2D eigenvalue weighted by Crippen LogP contribution is -2.37. The Hall–Kier alpha value is -2.64. The van der Waals surface area contributed by atoms with Gasteiger partial charge in [-0.1, -0.05) is 59.8 Å². The lowest BCUT2D eigenvalue weighted by molar-refractivity contribution is -0.119. The van der Waals surface area contributed by atoms with Crippen LogP contribution in [0, 0.1) is 6.92 Å². The molecule has 1 N–H and O–H groups in total. The highest BCUT2D eigenvalue weighted by Crippen LogP contribution is 2.23. The lowest BCUT2D eigenvalue weighted by Gasteiger charge is -2.16. The summed E-state index contributed by atoms with van der Waals surface area (Å²) in [7, 11) is 0. The maximum atomic E-state index is 12.3. The normalized spacial score (nSPS) is 16.8. The molecule has 1 aliphatic rings. The van der Waals surface area contributed by atoms with E-state index < -0.39 is 0 Å². The Balaban J connectivity index is 1.22. The van der Waals surface area contributed by atoms with Crippen LogP contribution in [-0.2, 0) is 11.3 Å². The van der Waals surface area contributed by atoms with E-state index in [1.807, 2.05) is 37.3 Å². The lowest BCUT2D eigenvalue weighted by atomic mass is 10.1. The van der Waals surface area contributed by atoms with Crippen molar-refractivity contribution < 1.29 is 9.21 Å². The molecule has 150 valence electrons. The zero-order valence-electron chi connectivity index (χ0n) is 16.4. The number of aromatic nitrogens is 2. The van der Waals surface area contributed by atoms with Gasteiger partial charge in [0.2, 0.25) is 11.8 Å². The maximum Gasteiger partial charge on any atom is 0.277 e. The predicted molar refractivity (Wildman–Crippen MR) is 113 cm³/mol. The van der Waals surface area contributed by atoms with Crippen LogP contribution in [0.15, 0.2) is 64.2 Å². The molecule has 1 fully saturated rings. The van der Waals surface area contributed by atoms with E-state index in [9.17, 15) is 4.79 Å². The molecule has 1 saturated heterocycles. The topological polar surface area (TPSA) is 71.3 Å². The highest BCUT2D eigenvalue weighted by Gasteiger charge is 2.24. The summed E-state index contributed by atoms with van der Waals surface area (Å²) in [5.41, 5.74) is 3.36. The first-order valence-electron chi connectivity index (χ1n) is 9.75. The van der Waals surface area contributed by atoms with Gasteiger partial charge in [-0.05, 0) is 31.0 Å². The third-order valence-corrected chi connectivity index (χ3v) is 5.74. The molecule has 1 aliphatic heterocycles. The van der Waals surface area contributed by atoms with Crippen LogP contribution >= 0.6 is 11.8 Å². The third kappa shape index (κ3) is 5.46. The summed E-state index contributed by atoms with van der Waals surface area (Å²) in [6.45, 7) is 4.83. The Labute approximate surface area is 174 Å². The van der Waals surface area contributed by atoms with Crippen molar-refractivity contribution in [1.82, 2.24) is 20.4 Å². The first kappa shape index (κ1) is 19.7. The second-order valence-electron chi connectivity index (χ2n) is 7.30. The zero-order chi connectivity index (χ0) is 20.1. The van der Waals surface area contributed by atoms with Crippen molar-refractivity contribution in [3.05, 3.63) is 65.7 Å².